The molecular weight excluding hydrogens is 398 g/mol. The number of carbonyl (C=O) groups is 1. The molecule has 0 saturated carbocycles. The van der Waals surface area contributed by atoms with E-state index in [1.54, 1.807) is 12.1 Å². The largest absolute Gasteiger partial charge is 0.380 e. The second-order valence-electron chi connectivity index (χ2n) is 5.87. The third kappa shape index (κ3) is 4.61. The molecule has 0 aliphatic heterocycles. The van der Waals surface area contributed by atoms with Gasteiger partial charge < -0.3 is 9.30 Å². The van der Waals surface area contributed by atoms with Gasteiger partial charge in [0.2, 0.25) is 0 Å². The van der Waals surface area contributed by atoms with E-state index in [1.807, 2.05) is 36.6 Å². The van der Waals surface area contributed by atoms with E-state index in [-0.39, 0.29) is 5.00 Å². The Morgan fingerprint density at radius 3 is 2.86 bits per heavy atom. The Balaban J connectivity index is 1.91. The van der Waals surface area contributed by atoms with Crippen molar-refractivity contribution in [2.75, 3.05) is 13.2 Å². The molecule has 0 atom stereocenters. The molecule has 0 spiro atoms. The topological polar surface area (TPSA) is 86.7 Å². The first-order valence-electron chi connectivity index (χ1n) is 8.67. The third-order valence-corrected chi connectivity index (χ3v) is 6.00. The molecule has 3 aromatic rings. The van der Waals surface area contributed by atoms with Crippen molar-refractivity contribution < 1.29 is 14.5 Å². The Morgan fingerprint density at radius 2 is 2.14 bits per heavy atom. The van der Waals surface area contributed by atoms with Crippen molar-refractivity contribution in [1.29, 1.82) is 0 Å². The van der Waals surface area contributed by atoms with Gasteiger partial charge in [0.15, 0.2) is 4.80 Å². The van der Waals surface area contributed by atoms with Crippen LogP contribution in [0.4, 0.5) is 5.00 Å². The van der Waals surface area contributed by atoms with Gasteiger partial charge in [0.05, 0.1) is 21.7 Å². The number of hydrogen-bond acceptors (Lipinski definition) is 6. The van der Waals surface area contributed by atoms with E-state index in [0.717, 1.165) is 27.1 Å². The maximum absolute atomic E-state index is 12.3. The van der Waals surface area contributed by atoms with Crippen LogP contribution in [0.5, 0.6) is 0 Å². The second-order valence-corrected chi connectivity index (χ2v) is 7.97. The predicted molar refractivity (Wildman–Crippen MR) is 112 cm³/mol. The summed E-state index contributed by atoms with van der Waals surface area (Å²) >= 11 is 2.47. The standard InChI is InChI=1S/C19H19N3O4S2/c1-3-26-12-11-21-18-13(2)5-4-6-15(18)28-19(21)20-16(23)9-7-14-8-10-17(27-14)22(24)25/h4-10H,3,11-12H2,1-2H3. The number of rotatable bonds is 7. The zero-order chi connectivity index (χ0) is 20.1. The van der Waals surface area contributed by atoms with Gasteiger partial charge in [0, 0.05) is 30.2 Å². The quantitative estimate of drug-likeness (QED) is 0.250. The second kappa shape index (κ2) is 9.05. The molecule has 0 unspecified atom stereocenters. The highest BCUT2D eigenvalue weighted by Gasteiger charge is 2.10. The van der Waals surface area contributed by atoms with E-state index < -0.39 is 10.8 Å². The fraction of sp³-hybridized carbons (Fsp3) is 0.263. The van der Waals surface area contributed by atoms with Crippen LogP contribution >= 0.6 is 22.7 Å². The molecule has 9 heteroatoms. The van der Waals surface area contributed by atoms with Crippen LogP contribution in [0.1, 0.15) is 17.4 Å². The summed E-state index contributed by atoms with van der Waals surface area (Å²) < 4.78 is 8.54. The van der Waals surface area contributed by atoms with Gasteiger partial charge in [-0.15, -0.1) is 0 Å². The number of aromatic nitrogens is 1. The van der Waals surface area contributed by atoms with Gasteiger partial charge in [-0.1, -0.05) is 34.8 Å². The van der Waals surface area contributed by atoms with E-state index in [1.165, 1.54) is 23.5 Å². The third-order valence-electron chi connectivity index (χ3n) is 3.95. The highest BCUT2D eigenvalue weighted by molar-refractivity contribution is 7.16. The van der Waals surface area contributed by atoms with Gasteiger partial charge in [0.25, 0.3) is 5.91 Å². The Hall–Kier alpha value is -2.62. The summed E-state index contributed by atoms with van der Waals surface area (Å²) in [4.78, 5) is 28.1. The number of benzene rings is 1. The molecule has 2 heterocycles. The lowest BCUT2D eigenvalue weighted by molar-refractivity contribution is -0.380. The van der Waals surface area contributed by atoms with Gasteiger partial charge in [-0.05, 0) is 37.6 Å². The summed E-state index contributed by atoms with van der Waals surface area (Å²) in [6.45, 7) is 5.73. The average Bonchev–Trinajstić information content (AvgIpc) is 3.26. The van der Waals surface area contributed by atoms with Crippen molar-refractivity contribution in [3.05, 3.63) is 61.8 Å². The summed E-state index contributed by atoms with van der Waals surface area (Å²) in [6.07, 6.45) is 2.88. The normalized spacial score (nSPS) is 12.3. The van der Waals surface area contributed by atoms with Gasteiger partial charge in [-0.3, -0.25) is 14.9 Å². The Kier molecular flexibility index (Phi) is 6.50. The summed E-state index contributed by atoms with van der Waals surface area (Å²) in [5, 5.41) is 10.8. The van der Waals surface area contributed by atoms with Crippen LogP contribution in [0.3, 0.4) is 0 Å². The molecule has 0 aliphatic carbocycles. The van der Waals surface area contributed by atoms with E-state index >= 15 is 0 Å². The molecule has 146 valence electrons. The Bertz CT molecular complexity index is 1110. The van der Waals surface area contributed by atoms with Gasteiger partial charge >= 0.3 is 5.00 Å². The Labute approximate surface area is 169 Å². The molecule has 0 saturated heterocycles. The van der Waals surface area contributed by atoms with Crippen LogP contribution in [0.15, 0.2) is 41.4 Å². The Morgan fingerprint density at radius 1 is 1.32 bits per heavy atom. The molecule has 3 rings (SSSR count). The van der Waals surface area contributed by atoms with Crippen molar-refractivity contribution in [1.82, 2.24) is 4.57 Å². The highest BCUT2D eigenvalue weighted by atomic mass is 32.1. The van der Waals surface area contributed by atoms with Crippen molar-refractivity contribution in [3.8, 4) is 0 Å². The van der Waals surface area contributed by atoms with Crippen LogP contribution in [-0.2, 0) is 16.1 Å². The average molecular weight is 418 g/mol. The predicted octanol–water partition coefficient (Wildman–Crippen LogP) is 4.16. The van der Waals surface area contributed by atoms with E-state index in [0.29, 0.717) is 29.4 Å². The maximum atomic E-state index is 12.3. The van der Waals surface area contributed by atoms with Crippen LogP contribution in [0, 0.1) is 17.0 Å². The minimum Gasteiger partial charge on any atom is -0.380 e. The van der Waals surface area contributed by atoms with Crippen LogP contribution in [-0.4, -0.2) is 28.6 Å². The number of nitrogens with zero attached hydrogens (tertiary/aromatic N) is 3. The number of thiophene rings is 1. The van der Waals surface area contributed by atoms with Gasteiger partial charge in [0.1, 0.15) is 0 Å². The number of para-hydroxylation sites is 1. The first-order chi connectivity index (χ1) is 13.5. The minimum atomic E-state index is -0.449. The number of aryl methyl sites for hydroxylation is 1. The van der Waals surface area contributed by atoms with E-state index in [9.17, 15) is 14.9 Å². The minimum absolute atomic E-state index is 0.0396. The lowest BCUT2D eigenvalue weighted by Crippen LogP contribution is -2.19. The molecule has 2 aromatic heterocycles. The smallest absolute Gasteiger partial charge is 0.324 e. The van der Waals surface area contributed by atoms with Crippen LogP contribution in [0.2, 0.25) is 0 Å². The molecule has 7 nitrogen and oxygen atoms in total. The highest BCUT2D eigenvalue weighted by Crippen LogP contribution is 2.25. The number of ether oxygens (including phenoxy) is 1. The SMILES string of the molecule is CCOCCn1c(=NC(=O)C=Cc2ccc([N+](=O)[O-])s2)sc2cccc(C)c21. The van der Waals surface area contributed by atoms with E-state index in [2.05, 4.69) is 4.99 Å². The number of amides is 1. The summed E-state index contributed by atoms with van der Waals surface area (Å²) in [5.41, 5.74) is 2.16. The van der Waals surface area contributed by atoms with Crippen molar-refractivity contribution in [2.24, 2.45) is 4.99 Å². The summed E-state index contributed by atoms with van der Waals surface area (Å²) in [7, 11) is 0. The monoisotopic (exact) mass is 417 g/mol. The van der Waals surface area contributed by atoms with Gasteiger partial charge in [-0.25, -0.2) is 0 Å². The zero-order valence-corrected chi connectivity index (χ0v) is 17.1. The molecule has 1 amide bonds. The van der Waals surface area contributed by atoms with Crippen molar-refractivity contribution in [2.45, 2.75) is 20.4 Å². The molecule has 28 heavy (non-hydrogen) atoms. The molecule has 1 aromatic carbocycles. The zero-order valence-electron chi connectivity index (χ0n) is 15.5. The van der Waals surface area contributed by atoms with Crippen LogP contribution < -0.4 is 4.80 Å². The number of nitro groups is 1. The first kappa shape index (κ1) is 20.1. The number of thiazole rings is 1. The van der Waals surface area contributed by atoms with Crippen LogP contribution in [0.25, 0.3) is 16.3 Å². The number of fused-ring (bicyclic) bond motifs is 1. The summed E-state index contributed by atoms with van der Waals surface area (Å²) in [6, 6.07) is 9.05. The summed E-state index contributed by atoms with van der Waals surface area (Å²) in [5.74, 6) is -0.412. The lowest BCUT2D eigenvalue weighted by Gasteiger charge is -2.07. The molecule has 0 aliphatic rings. The number of carbonyl (C=O) groups excluding carboxylic acids is 1. The molecule has 0 N–H and O–H groups in total. The lowest BCUT2D eigenvalue weighted by atomic mass is 10.2. The number of hydrogen-bond donors (Lipinski definition) is 0. The fourth-order valence-corrected chi connectivity index (χ4v) is 4.58. The molecule has 0 fully saturated rings. The molecular formula is C19H19N3O4S2. The maximum Gasteiger partial charge on any atom is 0.324 e. The first-order valence-corrected chi connectivity index (χ1v) is 10.3. The van der Waals surface area contributed by atoms with Crippen molar-refractivity contribution >= 4 is 49.9 Å². The molecule has 0 bridgehead atoms. The van der Waals surface area contributed by atoms with Crippen molar-refractivity contribution in [3.63, 3.8) is 0 Å². The molecule has 0 radical (unpaired) electrons. The van der Waals surface area contributed by atoms with Gasteiger partial charge in [-0.2, -0.15) is 4.99 Å². The van der Waals surface area contributed by atoms with E-state index in [4.69, 9.17) is 4.74 Å². The fourth-order valence-electron chi connectivity index (χ4n) is 2.72.